The van der Waals surface area contributed by atoms with Crippen molar-refractivity contribution in [1.82, 2.24) is 15.0 Å². The Morgan fingerprint density at radius 2 is 0.857 bits per heavy atom. The minimum atomic E-state index is 0.645. The van der Waals surface area contributed by atoms with Gasteiger partial charge in [0.2, 0.25) is 0 Å². The Morgan fingerprint density at radius 1 is 0.371 bits per heavy atom. The van der Waals surface area contributed by atoms with Crippen molar-refractivity contribution in [2.24, 2.45) is 0 Å². The fourth-order valence-corrected chi connectivity index (χ4v) is 4.35. The molecule has 0 aliphatic rings. The van der Waals surface area contributed by atoms with Gasteiger partial charge in [0, 0.05) is 21.7 Å². The zero-order chi connectivity index (χ0) is 23.6. The number of fused-ring (bicyclic) bond motifs is 1. The minimum Gasteiger partial charge on any atom is -0.208 e. The minimum absolute atomic E-state index is 0.645. The van der Waals surface area contributed by atoms with E-state index < -0.39 is 0 Å². The lowest BCUT2D eigenvalue weighted by molar-refractivity contribution is 1.07. The molecule has 0 aliphatic heterocycles. The highest BCUT2D eigenvalue weighted by Crippen LogP contribution is 2.30. The van der Waals surface area contributed by atoms with Crippen molar-refractivity contribution in [3.63, 3.8) is 0 Å². The van der Waals surface area contributed by atoms with Crippen LogP contribution in [0, 0.1) is 0 Å². The molecule has 0 bridgehead atoms. The van der Waals surface area contributed by atoms with Crippen LogP contribution in [0.2, 0.25) is 5.02 Å². The number of nitrogens with zero attached hydrogens (tertiary/aromatic N) is 3. The second kappa shape index (κ2) is 9.13. The van der Waals surface area contributed by atoms with E-state index in [0.29, 0.717) is 17.5 Å². The van der Waals surface area contributed by atoms with Crippen LogP contribution in [0.25, 0.3) is 56.1 Å². The van der Waals surface area contributed by atoms with E-state index >= 15 is 0 Å². The summed E-state index contributed by atoms with van der Waals surface area (Å²) in [5.41, 5.74) is 5.08. The van der Waals surface area contributed by atoms with Crippen LogP contribution in [0.1, 0.15) is 0 Å². The van der Waals surface area contributed by atoms with Gasteiger partial charge in [-0.25, -0.2) is 15.0 Å². The smallest absolute Gasteiger partial charge is 0.164 e. The molecule has 0 saturated carbocycles. The molecule has 166 valence electrons. The molecule has 6 rings (SSSR count). The molecule has 5 aromatic carbocycles. The molecule has 0 fully saturated rings. The highest BCUT2D eigenvalue weighted by Gasteiger charge is 2.13. The van der Waals surface area contributed by atoms with Crippen LogP contribution >= 0.6 is 11.6 Å². The van der Waals surface area contributed by atoms with Crippen LogP contribution in [0.5, 0.6) is 0 Å². The molecule has 0 saturated heterocycles. The normalized spacial score (nSPS) is 11.0. The number of hydrogen-bond acceptors (Lipinski definition) is 3. The predicted molar refractivity (Wildman–Crippen MR) is 144 cm³/mol. The Morgan fingerprint density at radius 3 is 1.51 bits per heavy atom. The molecule has 0 radical (unpaired) electrons. The fraction of sp³-hybridized carbons (Fsp3) is 0. The SMILES string of the molecule is Clc1ccc2cc(-c3cccc(-c4nc(-c5ccccc5)nc(-c5ccccc5)n4)c3)ccc2c1. The Bertz CT molecular complexity index is 1590. The summed E-state index contributed by atoms with van der Waals surface area (Å²) in [7, 11) is 0. The van der Waals surface area contributed by atoms with Gasteiger partial charge in [-0.05, 0) is 46.2 Å². The Balaban J connectivity index is 1.47. The molecular formula is C31H20ClN3. The number of aromatic nitrogens is 3. The third-order valence-electron chi connectivity index (χ3n) is 5.96. The van der Waals surface area contributed by atoms with Crippen molar-refractivity contribution in [2.45, 2.75) is 0 Å². The largest absolute Gasteiger partial charge is 0.208 e. The molecule has 0 unspecified atom stereocenters. The molecule has 0 amide bonds. The van der Waals surface area contributed by atoms with Crippen molar-refractivity contribution in [2.75, 3.05) is 0 Å². The molecule has 1 heterocycles. The van der Waals surface area contributed by atoms with Crippen molar-refractivity contribution in [3.8, 4) is 45.3 Å². The molecule has 0 N–H and O–H groups in total. The van der Waals surface area contributed by atoms with Gasteiger partial charge in [-0.3, -0.25) is 0 Å². The van der Waals surface area contributed by atoms with Gasteiger partial charge in [0.1, 0.15) is 0 Å². The van der Waals surface area contributed by atoms with E-state index in [0.717, 1.165) is 43.6 Å². The van der Waals surface area contributed by atoms with Crippen molar-refractivity contribution < 1.29 is 0 Å². The van der Waals surface area contributed by atoms with E-state index in [1.54, 1.807) is 0 Å². The van der Waals surface area contributed by atoms with Gasteiger partial charge in [-0.15, -0.1) is 0 Å². The van der Waals surface area contributed by atoms with E-state index in [2.05, 4.69) is 36.4 Å². The first-order chi connectivity index (χ1) is 17.2. The molecule has 0 atom stereocenters. The summed E-state index contributed by atoms with van der Waals surface area (Å²) in [6.07, 6.45) is 0. The molecule has 0 spiro atoms. The van der Waals surface area contributed by atoms with Crippen LogP contribution in [-0.2, 0) is 0 Å². The summed E-state index contributed by atoms with van der Waals surface area (Å²) in [4.78, 5) is 14.5. The number of benzene rings is 5. The third-order valence-corrected chi connectivity index (χ3v) is 6.19. The zero-order valence-corrected chi connectivity index (χ0v) is 19.5. The second-order valence-corrected chi connectivity index (χ2v) is 8.76. The summed E-state index contributed by atoms with van der Waals surface area (Å²) in [5.74, 6) is 1.96. The Hall–Kier alpha value is -4.34. The Labute approximate surface area is 208 Å². The summed E-state index contributed by atoms with van der Waals surface area (Å²) in [5, 5.41) is 3.01. The van der Waals surface area contributed by atoms with Gasteiger partial charge in [0.25, 0.3) is 0 Å². The Kier molecular flexibility index (Phi) is 5.53. The van der Waals surface area contributed by atoms with E-state index in [1.807, 2.05) is 84.9 Å². The van der Waals surface area contributed by atoms with E-state index in [4.69, 9.17) is 26.6 Å². The van der Waals surface area contributed by atoms with Gasteiger partial charge in [0.05, 0.1) is 0 Å². The van der Waals surface area contributed by atoms with Gasteiger partial charge < -0.3 is 0 Å². The van der Waals surface area contributed by atoms with Gasteiger partial charge in [-0.1, -0.05) is 109 Å². The maximum atomic E-state index is 6.16. The van der Waals surface area contributed by atoms with Crippen LogP contribution in [0.4, 0.5) is 0 Å². The molecule has 1 aromatic heterocycles. The lowest BCUT2D eigenvalue weighted by atomic mass is 9.99. The first kappa shape index (κ1) is 21.2. The molecule has 35 heavy (non-hydrogen) atoms. The maximum absolute atomic E-state index is 6.16. The molecule has 3 nitrogen and oxygen atoms in total. The van der Waals surface area contributed by atoms with Crippen LogP contribution in [0.3, 0.4) is 0 Å². The third kappa shape index (κ3) is 4.42. The summed E-state index contributed by atoms with van der Waals surface area (Å²) < 4.78 is 0. The number of halogens is 1. The molecular weight excluding hydrogens is 450 g/mol. The van der Waals surface area contributed by atoms with E-state index in [-0.39, 0.29) is 0 Å². The van der Waals surface area contributed by atoms with Gasteiger partial charge in [-0.2, -0.15) is 0 Å². The topological polar surface area (TPSA) is 38.7 Å². The van der Waals surface area contributed by atoms with E-state index in [9.17, 15) is 0 Å². The van der Waals surface area contributed by atoms with Crippen LogP contribution in [0.15, 0.2) is 121 Å². The van der Waals surface area contributed by atoms with Crippen molar-refractivity contribution in [3.05, 3.63) is 126 Å². The highest BCUT2D eigenvalue weighted by atomic mass is 35.5. The monoisotopic (exact) mass is 469 g/mol. The van der Waals surface area contributed by atoms with E-state index in [1.165, 1.54) is 0 Å². The zero-order valence-electron chi connectivity index (χ0n) is 18.8. The first-order valence-electron chi connectivity index (χ1n) is 11.4. The standard InChI is InChI=1S/C31H20ClN3/c32-28-17-16-25-18-24(14-15-26(25)20-28)23-12-7-13-27(19-23)31-34-29(21-8-3-1-4-9-21)33-30(35-31)22-10-5-2-6-11-22/h1-20H. The highest BCUT2D eigenvalue weighted by molar-refractivity contribution is 6.31. The first-order valence-corrected chi connectivity index (χ1v) is 11.8. The van der Waals surface area contributed by atoms with Crippen LogP contribution in [-0.4, -0.2) is 15.0 Å². The molecule has 4 heteroatoms. The summed E-state index contributed by atoms with van der Waals surface area (Å²) >= 11 is 6.16. The average molecular weight is 470 g/mol. The quantitative estimate of drug-likeness (QED) is 0.260. The molecule has 6 aromatic rings. The fourth-order valence-electron chi connectivity index (χ4n) is 4.17. The molecule has 0 aliphatic carbocycles. The number of hydrogen-bond donors (Lipinski definition) is 0. The second-order valence-electron chi connectivity index (χ2n) is 8.33. The van der Waals surface area contributed by atoms with Gasteiger partial charge >= 0.3 is 0 Å². The average Bonchev–Trinajstić information content (AvgIpc) is 2.93. The van der Waals surface area contributed by atoms with Gasteiger partial charge in [0.15, 0.2) is 17.5 Å². The summed E-state index contributed by atoms with van der Waals surface area (Å²) in [6, 6.07) is 40.7. The summed E-state index contributed by atoms with van der Waals surface area (Å²) in [6.45, 7) is 0. The van der Waals surface area contributed by atoms with Crippen molar-refractivity contribution in [1.29, 1.82) is 0 Å². The lowest BCUT2D eigenvalue weighted by Crippen LogP contribution is -2.00. The number of rotatable bonds is 4. The predicted octanol–water partition coefficient (Wildman–Crippen LogP) is 8.35. The lowest BCUT2D eigenvalue weighted by Gasteiger charge is -2.10. The van der Waals surface area contributed by atoms with Crippen LogP contribution < -0.4 is 0 Å². The maximum Gasteiger partial charge on any atom is 0.164 e. The van der Waals surface area contributed by atoms with Crippen molar-refractivity contribution >= 4 is 22.4 Å².